The van der Waals surface area contributed by atoms with Crippen molar-refractivity contribution in [3.63, 3.8) is 0 Å². The highest BCUT2D eigenvalue weighted by Gasteiger charge is 2.19. The van der Waals surface area contributed by atoms with Gasteiger partial charge < -0.3 is 15.1 Å². The van der Waals surface area contributed by atoms with Crippen LogP contribution in [-0.4, -0.2) is 46.0 Å². The summed E-state index contributed by atoms with van der Waals surface area (Å²) in [6, 6.07) is 0. The number of carboxylic acid groups (broad SMARTS) is 2. The fraction of sp³-hybridized carbons (Fsp3) is 0.625. The number of nitrogens with zero attached hydrogens (tertiary/aromatic N) is 1. The van der Waals surface area contributed by atoms with Crippen molar-refractivity contribution in [2.75, 3.05) is 13.1 Å². The van der Waals surface area contributed by atoms with Crippen molar-refractivity contribution in [2.45, 2.75) is 13.8 Å². The summed E-state index contributed by atoms with van der Waals surface area (Å²) in [5, 5.41) is 17.0. The second kappa shape index (κ2) is 5.21. The van der Waals surface area contributed by atoms with Gasteiger partial charge in [-0.2, -0.15) is 0 Å². The van der Waals surface area contributed by atoms with Crippen molar-refractivity contribution in [1.29, 1.82) is 0 Å². The molecule has 0 aromatic heterocycles. The Labute approximate surface area is 81.1 Å². The SMILES string of the molecule is CC(=O)N(CC(=O)O)CC(C)C(=O)O. The quantitative estimate of drug-likeness (QED) is 0.636. The Hall–Kier alpha value is -1.59. The summed E-state index contributed by atoms with van der Waals surface area (Å²) in [6.45, 7) is 2.07. The summed E-state index contributed by atoms with van der Waals surface area (Å²) in [5.41, 5.74) is 0. The Balaban J connectivity index is 4.30. The number of amides is 1. The van der Waals surface area contributed by atoms with Gasteiger partial charge in [-0.1, -0.05) is 6.92 Å². The lowest BCUT2D eigenvalue weighted by Crippen LogP contribution is -2.38. The molecular formula is C8H13NO5. The van der Waals surface area contributed by atoms with Gasteiger partial charge in [-0.3, -0.25) is 14.4 Å². The molecule has 80 valence electrons. The average molecular weight is 203 g/mol. The van der Waals surface area contributed by atoms with E-state index in [2.05, 4.69) is 0 Å². The standard InChI is InChI=1S/C8H13NO5/c1-5(8(13)14)3-9(6(2)10)4-7(11)12/h5H,3-4H2,1-2H3,(H,11,12)(H,13,14). The molecule has 6 nitrogen and oxygen atoms in total. The van der Waals surface area contributed by atoms with E-state index in [1.54, 1.807) is 0 Å². The molecule has 1 atom stereocenters. The molecule has 6 heteroatoms. The van der Waals surface area contributed by atoms with Crippen LogP contribution in [0.15, 0.2) is 0 Å². The average Bonchev–Trinajstić information content (AvgIpc) is 2.01. The van der Waals surface area contributed by atoms with E-state index >= 15 is 0 Å². The molecule has 0 saturated carbocycles. The maximum absolute atomic E-state index is 10.9. The minimum atomic E-state index is -1.15. The third kappa shape index (κ3) is 4.44. The number of rotatable bonds is 5. The molecule has 0 saturated heterocycles. The highest BCUT2D eigenvalue weighted by molar-refractivity contribution is 5.80. The lowest BCUT2D eigenvalue weighted by molar-refractivity contribution is -0.147. The smallest absolute Gasteiger partial charge is 0.323 e. The van der Waals surface area contributed by atoms with Crippen molar-refractivity contribution < 1.29 is 24.6 Å². The summed E-state index contributed by atoms with van der Waals surface area (Å²) in [7, 11) is 0. The third-order valence-electron chi connectivity index (χ3n) is 1.69. The fourth-order valence-electron chi connectivity index (χ4n) is 0.876. The van der Waals surface area contributed by atoms with Gasteiger partial charge in [0.15, 0.2) is 0 Å². The highest BCUT2D eigenvalue weighted by Crippen LogP contribution is 2.00. The van der Waals surface area contributed by atoms with Gasteiger partial charge in [-0.15, -0.1) is 0 Å². The summed E-state index contributed by atoms with van der Waals surface area (Å²) < 4.78 is 0. The number of carbonyl (C=O) groups is 3. The van der Waals surface area contributed by atoms with Gasteiger partial charge in [0, 0.05) is 13.5 Å². The summed E-state index contributed by atoms with van der Waals surface area (Å²) in [6.07, 6.45) is 0. The molecule has 1 unspecified atom stereocenters. The predicted octanol–water partition coefficient (Wildman–Crippen LogP) is -0.360. The van der Waals surface area contributed by atoms with Gasteiger partial charge >= 0.3 is 11.9 Å². The van der Waals surface area contributed by atoms with Crippen LogP contribution < -0.4 is 0 Å². The van der Waals surface area contributed by atoms with Gasteiger partial charge in [-0.05, 0) is 0 Å². The van der Waals surface area contributed by atoms with Crippen molar-refractivity contribution >= 4 is 17.8 Å². The third-order valence-corrected chi connectivity index (χ3v) is 1.69. The summed E-state index contributed by atoms with van der Waals surface area (Å²) in [4.78, 5) is 32.7. The highest BCUT2D eigenvalue weighted by atomic mass is 16.4. The lowest BCUT2D eigenvalue weighted by Gasteiger charge is -2.20. The number of hydrogen-bond acceptors (Lipinski definition) is 3. The minimum absolute atomic E-state index is 0.0863. The normalized spacial score (nSPS) is 11.9. The lowest BCUT2D eigenvalue weighted by atomic mass is 10.1. The molecule has 0 bridgehead atoms. The van der Waals surface area contributed by atoms with E-state index in [9.17, 15) is 14.4 Å². The van der Waals surface area contributed by atoms with Gasteiger partial charge in [0.1, 0.15) is 6.54 Å². The van der Waals surface area contributed by atoms with Crippen molar-refractivity contribution in [3.8, 4) is 0 Å². The van der Waals surface area contributed by atoms with Gasteiger partial charge in [0.2, 0.25) is 5.91 Å². The van der Waals surface area contributed by atoms with Gasteiger partial charge in [0.05, 0.1) is 5.92 Å². The molecular weight excluding hydrogens is 190 g/mol. The minimum Gasteiger partial charge on any atom is -0.481 e. The molecule has 0 rings (SSSR count). The van der Waals surface area contributed by atoms with E-state index in [-0.39, 0.29) is 6.54 Å². The van der Waals surface area contributed by atoms with Crippen LogP contribution in [0.2, 0.25) is 0 Å². The molecule has 0 radical (unpaired) electrons. The van der Waals surface area contributed by atoms with Crippen LogP contribution in [0.5, 0.6) is 0 Å². The van der Waals surface area contributed by atoms with Crippen molar-refractivity contribution in [3.05, 3.63) is 0 Å². The molecule has 0 aromatic carbocycles. The van der Waals surface area contributed by atoms with Crippen LogP contribution in [0.25, 0.3) is 0 Å². The molecule has 1 amide bonds. The first-order chi connectivity index (χ1) is 6.34. The van der Waals surface area contributed by atoms with Gasteiger partial charge in [-0.25, -0.2) is 0 Å². The largest absolute Gasteiger partial charge is 0.481 e. The van der Waals surface area contributed by atoms with E-state index in [0.29, 0.717) is 0 Å². The topological polar surface area (TPSA) is 94.9 Å². The van der Waals surface area contributed by atoms with Crippen LogP contribution in [0.1, 0.15) is 13.8 Å². The zero-order valence-corrected chi connectivity index (χ0v) is 8.06. The van der Waals surface area contributed by atoms with Gasteiger partial charge in [0.25, 0.3) is 0 Å². The zero-order chi connectivity index (χ0) is 11.3. The maximum atomic E-state index is 10.9. The Bertz CT molecular complexity index is 250. The molecule has 0 aromatic rings. The molecule has 0 aliphatic rings. The van der Waals surface area contributed by atoms with Crippen molar-refractivity contribution in [1.82, 2.24) is 4.90 Å². The Morgan fingerprint density at radius 3 is 2.07 bits per heavy atom. The Morgan fingerprint density at radius 1 is 1.29 bits per heavy atom. The zero-order valence-electron chi connectivity index (χ0n) is 8.06. The number of aliphatic carboxylic acids is 2. The summed E-state index contributed by atoms with van der Waals surface area (Å²) in [5.74, 6) is -3.42. The van der Waals surface area contributed by atoms with Crippen LogP contribution >= 0.6 is 0 Å². The van der Waals surface area contributed by atoms with Crippen LogP contribution in [0.3, 0.4) is 0 Å². The molecule has 0 aliphatic heterocycles. The monoisotopic (exact) mass is 203 g/mol. The molecule has 0 fully saturated rings. The second-order valence-corrected chi connectivity index (χ2v) is 3.03. The van der Waals surface area contributed by atoms with E-state index < -0.39 is 30.3 Å². The van der Waals surface area contributed by atoms with E-state index in [1.807, 2.05) is 0 Å². The Kier molecular flexibility index (Phi) is 4.62. The molecule has 14 heavy (non-hydrogen) atoms. The number of hydrogen-bond donors (Lipinski definition) is 2. The molecule has 0 heterocycles. The number of carboxylic acids is 2. The first kappa shape index (κ1) is 12.4. The van der Waals surface area contributed by atoms with Crippen LogP contribution in [0, 0.1) is 5.92 Å². The molecule has 0 spiro atoms. The van der Waals surface area contributed by atoms with Crippen molar-refractivity contribution in [2.24, 2.45) is 5.92 Å². The Morgan fingerprint density at radius 2 is 1.79 bits per heavy atom. The molecule has 0 aliphatic carbocycles. The maximum Gasteiger partial charge on any atom is 0.323 e. The first-order valence-corrected chi connectivity index (χ1v) is 4.04. The van der Waals surface area contributed by atoms with E-state index in [0.717, 1.165) is 4.90 Å². The van der Waals surface area contributed by atoms with Crippen LogP contribution in [0.4, 0.5) is 0 Å². The van der Waals surface area contributed by atoms with E-state index in [4.69, 9.17) is 10.2 Å². The predicted molar refractivity (Wildman–Crippen MR) is 46.7 cm³/mol. The number of carbonyl (C=O) groups excluding carboxylic acids is 1. The van der Waals surface area contributed by atoms with Crippen LogP contribution in [-0.2, 0) is 14.4 Å². The molecule has 2 N–H and O–H groups in total. The first-order valence-electron chi connectivity index (χ1n) is 4.04. The fourth-order valence-corrected chi connectivity index (χ4v) is 0.876. The van der Waals surface area contributed by atoms with E-state index in [1.165, 1.54) is 13.8 Å². The second-order valence-electron chi connectivity index (χ2n) is 3.03. The summed E-state index contributed by atoms with van der Waals surface area (Å²) >= 11 is 0.